The number of hydrogen-bond acceptors (Lipinski definition) is 5. The van der Waals surface area contributed by atoms with E-state index in [0.29, 0.717) is 48.2 Å². The Morgan fingerprint density at radius 2 is 2.11 bits per heavy atom. The SMILES string of the molecule is COc1ccc2nc(CCCCC[C@@H]3C[C@@]3(CC(F)(F)F)OO)c(=O)[nH]c2c1. The number of unbranched alkanes of at least 4 members (excludes halogenated alkanes) is 2. The van der Waals surface area contributed by atoms with Gasteiger partial charge in [-0.3, -0.25) is 10.1 Å². The van der Waals surface area contributed by atoms with Crippen LogP contribution in [-0.2, 0) is 11.3 Å². The Labute approximate surface area is 159 Å². The zero-order valence-corrected chi connectivity index (χ0v) is 15.5. The molecule has 0 amide bonds. The van der Waals surface area contributed by atoms with E-state index < -0.39 is 18.2 Å². The number of nitrogens with zero attached hydrogens (tertiary/aromatic N) is 1. The van der Waals surface area contributed by atoms with E-state index in [-0.39, 0.29) is 17.9 Å². The summed E-state index contributed by atoms with van der Waals surface area (Å²) in [5, 5.41) is 8.84. The van der Waals surface area contributed by atoms with Crippen molar-refractivity contribution in [2.24, 2.45) is 5.92 Å². The quantitative estimate of drug-likeness (QED) is 0.374. The number of alkyl halides is 3. The van der Waals surface area contributed by atoms with Gasteiger partial charge in [-0.2, -0.15) is 13.2 Å². The van der Waals surface area contributed by atoms with E-state index >= 15 is 0 Å². The van der Waals surface area contributed by atoms with Crippen LogP contribution in [0.5, 0.6) is 5.75 Å². The van der Waals surface area contributed by atoms with Crippen LogP contribution in [0.25, 0.3) is 11.0 Å². The van der Waals surface area contributed by atoms with Crippen LogP contribution in [0.1, 0.15) is 44.2 Å². The van der Waals surface area contributed by atoms with Crippen molar-refractivity contribution in [3.05, 3.63) is 34.2 Å². The van der Waals surface area contributed by atoms with E-state index in [0.717, 1.165) is 6.42 Å². The molecule has 3 rings (SSSR count). The number of aromatic amines is 1. The molecule has 0 bridgehead atoms. The minimum Gasteiger partial charge on any atom is -0.497 e. The number of H-pyrrole nitrogens is 1. The Morgan fingerprint density at radius 1 is 1.32 bits per heavy atom. The molecular weight excluding hydrogens is 377 g/mol. The van der Waals surface area contributed by atoms with Crippen molar-refractivity contribution in [1.82, 2.24) is 9.97 Å². The highest BCUT2D eigenvalue weighted by atomic mass is 19.4. The average molecular weight is 400 g/mol. The number of aryl methyl sites for hydroxylation is 1. The van der Waals surface area contributed by atoms with E-state index in [1.165, 1.54) is 0 Å². The van der Waals surface area contributed by atoms with E-state index in [9.17, 15) is 18.0 Å². The van der Waals surface area contributed by atoms with Gasteiger partial charge in [-0.15, -0.1) is 0 Å². The topological polar surface area (TPSA) is 84.4 Å². The molecule has 1 aliphatic carbocycles. The molecule has 2 atom stereocenters. The Bertz CT molecular complexity index is 884. The summed E-state index contributed by atoms with van der Waals surface area (Å²) in [5.74, 6) is 0.350. The molecule has 1 aliphatic rings. The molecule has 1 aromatic carbocycles. The molecule has 0 aliphatic heterocycles. The lowest BCUT2D eigenvalue weighted by Crippen LogP contribution is -2.25. The summed E-state index contributed by atoms with van der Waals surface area (Å²) in [6.07, 6.45) is -2.05. The summed E-state index contributed by atoms with van der Waals surface area (Å²) in [6, 6.07) is 5.25. The monoisotopic (exact) mass is 400 g/mol. The van der Waals surface area contributed by atoms with Gasteiger partial charge < -0.3 is 9.72 Å². The van der Waals surface area contributed by atoms with Crippen molar-refractivity contribution < 1.29 is 28.1 Å². The van der Waals surface area contributed by atoms with Crippen molar-refractivity contribution in [1.29, 1.82) is 0 Å². The van der Waals surface area contributed by atoms with Gasteiger partial charge in [0.1, 0.15) is 17.0 Å². The molecular formula is C19H23F3N2O4. The number of halogens is 3. The molecule has 2 N–H and O–H groups in total. The van der Waals surface area contributed by atoms with Gasteiger partial charge in [0.2, 0.25) is 0 Å². The first-order valence-corrected chi connectivity index (χ1v) is 9.22. The van der Waals surface area contributed by atoms with Crippen molar-refractivity contribution in [3.8, 4) is 5.75 Å². The Balaban J connectivity index is 1.47. The molecule has 1 aromatic heterocycles. The van der Waals surface area contributed by atoms with Crippen molar-refractivity contribution in [3.63, 3.8) is 0 Å². The Kier molecular flexibility index (Phi) is 5.95. The van der Waals surface area contributed by atoms with Crippen LogP contribution in [0, 0.1) is 5.92 Å². The zero-order chi connectivity index (χ0) is 20.4. The lowest BCUT2D eigenvalue weighted by molar-refractivity contribution is -0.315. The van der Waals surface area contributed by atoms with Gasteiger partial charge in [-0.1, -0.05) is 12.8 Å². The number of nitrogens with one attached hydrogen (secondary N) is 1. The lowest BCUT2D eigenvalue weighted by Gasteiger charge is -2.15. The molecule has 6 nitrogen and oxygen atoms in total. The predicted octanol–water partition coefficient (Wildman–Crippen LogP) is 4.24. The third-order valence-electron chi connectivity index (χ3n) is 5.29. The van der Waals surface area contributed by atoms with Gasteiger partial charge in [0.15, 0.2) is 0 Å². The first kappa shape index (κ1) is 20.6. The van der Waals surface area contributed by atoms with Crippen molar-refractivity contribution >= 4 is 11.0 Å². The van der Waals surface area contributed by atoms with Crippen molar-refractivity contribution in [2.45, 2.75) is 56.7 Å². The molecule has 1 saturated carbocycles. The molecule has 154 valence electrons. The second kappa shape index (κ2) is 8.08. The largest absolute Gasteiger partial charge is 0.497 e. The van der Waals surface area contributed by atoms with Gasteiger partial charge in [0, 0.05) is 6.07 Å². The maximum Gasteiger partial charge on any atom is 0.392 e. The molecule has 1 heterocycles. The fourth-order valence-corrected chi connectivity index (χ4v) is 3.68. The van der Waals surface area contributed by atoms with Crippen LogP contribution in [0.15, 0.2) is 23.0 Å². The van der Waals surface area contributed by atoms with Crippen LogP contribution in [0.3, 0.4) is 0 Å². The van der Waals surface area contributed by atoms with Gasteiger partial charge >= 0.3 is 6.18 Å². The molecule has 1 fully saturated rings. The first-order chi connectivity index (χ1) is 13.3. The summed E-state index contributed by atoms with van der Waals surface area (Å²) < 4.78 is 42.7. The number of ether oxygens (including phenoxy) is 1. The molecule has 0 spiro atoms. The van der Waals surface area contributed by atoms with Crippen molar-refractivity contribution in [2.75, 3.05) is 7.11 Å². The van der Waals surface area contributed by atoms with Gasteiger partial charge in [0.05, 0.1) is 24.6 Å². The van der Waals surface area contributed by atoms with Crippen LogP contribution >= 0.6 is 0 Å². The maximum atomic E-state index is 12.5. The third kappa shape index (κ3) is 4.82. The predicted molar refractivity (Wildman–Crippen MR) is 96.3 cm³/mol. The summed E-state index contributed by atoms with van der Waals surface area (Å²) in [7, 11) is 1.54. The number of benzene rings is 1. The highest BCUT2D eigenvalue weighted by Gasteiger charge is 2.60. The standard InChI is InChI=1S/C19H23F3N2O4/c1-27-13-7-8-14-16(9-13)24-17(25)15(23-14)6-4-2-3-5-12-10-18(12,28-26)11-19(20,21)22/h7-9,12,26H,2-6,10-11H2,1H3,(H,24,25)/t12-,18+/m1/s1. The summed E-state index contributed by atoms with van der Waals surface area (Å²) in [5.41, 5.74) is 0.00312. The normalized spacial score (nSPS) is 21.8. The first-order valence-electron chi connectivity index (χ1n) is 9.22. The average Bonchev–Trinajstić information content (AvgIpc) is 3.32. The number of hydrogen-bond donors (Lipinski definition) is 2. The second-order valence-corrected chi connectivity index (χ2v) is 7.34. The van der Waals surface area contributed by atoms with E-state index in [1.54, 1.807) is 25.3 Å². The molecule has 28 heavy (non-hydrogen) atoms. The molecule has 2 aromatic rings. The Morgan fingerprint density at radius 3 is 2.79 bits per heavy atom. The molecule has 0 saturated heterocycles. The highest BCUT2D eigenvalue weighted by Crippen LogP contribution is 2.54. The van der Waals surface area contributed by atoms with E-state index in [4.69, 9.17) is 9.99 Å². The minimum absolute atomic E-state index is 0.221. The van der Waals surface area contributed by atoms with Crippen LogP contribution < -0.4 is 10.3 Å². The highest BCUT2D eigenvalue weighted by molar-refractivity contribution is 5.75. The molecule has 0 radical (unpaired) electrons. The maximum absolute atomic E-state index is 12.5. The fraction of sp³-hybridized carbons (Fsp3) is 0.579. The number of fused-ring (bicyclic) bond motifs is 1. The molecule has 9 heteroatoms. The lowest BCUT2D eigenvalue weighted by atomic mass is 10.1. The fourth-order valence-electron chi connectivity index (χ4n) is 3.68. The third-order valence-corrected chi connectivity index (χ3v) is 5.29. The second-order valence-electron chi connectivity index (χ2n) is 7.34. The molecule has 0 unspecified atom stereocenters. The van der Waals surface area contributed by atoms with E-state index in [2.05, 4.69) is 14.9 Å². The van der Waals surface area contributed by atoms with Gasteiger partial charge in [0.25, 0.3) is 5.56 Å². The summed E-state index contributed by atoms with van der Waals surface area (Å²) in [4.78, 5) is 23.5. The summed E-state index contributed by atoms with van der Waals surface area (Å²) >= 11 is 0. The smallest absolute Gasteiger partial charge is 0.392 e. The Hall–Kier alpha value is -2.13. The van der Waals surface area contributed by atoms with Crippen LogP contribution in [0.2, 0.25) is 0 Å². The summed E-state index contributed by atoms with van der Waals surface area (Å²) in [6.45, 7) is 0. The van der Waals surface area contributed by atoms with Gasteiger partial charge in [-0.25, -0.2) is 9.87 Å². The van der Waals surface area contributed by atoms with Gasteiger partial charge in [-0.05, 0) is 43.7 Å². The van der Waals surface area contributed by atoms with Crippen LogP contribution in [0.4, 0.5) is 13.2 Å². The number of aromatic nitrogens is 2. The zero-order valence-electron chi connectivity index (χ0n) is 15.5. The van der Waals surface area contributed by atoms with E-state index in [1.807, 2.05) is 0 Å². The minimum atomic E-state index is -4.36. The number of rotatable bonds is 9. The van der Waals surface area contributed by atoms with Crippen LogP contribution in [-0.4, -0.2) is 34.1 Å². The number of methoxy groups -OCH3 is 1.